The summed E-state index contributed by atoms with van der Waals surface area (Å²) in [6.07, 6.45) is 0. The third kappa shape index (κ3) is 5.61. The van der Waals surface area contributed by atoms with Crippen molar-refractivity contribution in [3.63, 3.8) is 0 Å². The molecule has 228 valence electrons. The normalized spacial score (nSPS) is 10.7. The lowest BCUT2D eigenvalue weighted by atomic mass is 10.1. The van der Waals surface area contributed by atoms with Gasteiger partial charge in [-0.2, -0.15) is 0 Å². The molecule has 0 unspecified atom stereocenters. The average Bonchev–Trinajstić information content (AvgIpc) is 2.96. The van der Waals surface area contributed by atoms with Crippen molar-refractivity contribution in [3.05, 3.63) is 133 Å². The van der Waals surface area contributed by atoms with Gasteiger partial charge in [0.25, 0.3) is 17.1 Å². The SMILES string of the molecule is O=C(O)c1cc(-n2c(=O)n(-c3cc(C(=O)O)cc([N+](=O)[O-])c3)c(=O)n(-c3cc(C(=O)O)cc([N+](=O)[O-])c3)c2=O)cc([N+](=O)[O-])c1. The van der Waals surface area contributed by atoms with E-state index in [-0.39, 0.29) is 13.7 Å². The zero-order valence-electron chi connectivity index (χ0n) is 21.6. The first-order chi connectivity index (χ1) is 21.0. The molecule has 3 N–H and O–H groups in total. The van der Waals surface area contributed by atoms with E-state index >= 15 is 0 Å². The van der Waals surface area contributed by atoms with E-state index in [1.165, 1.54) is 0 Å². The maximum Gasteiger partial charge on any atom is 0.345 e. The van der Waals surface area contributed by atoms with E-state index in [0.717, 1.165) is 0 Å². The van der Waals surface area contributed by atoms with Gasteiger partial charge in [0, 0.05) is 36.4 Å². The van der Waals surface area contributed by atoms with Gasteiger partial charge in [-0.3, -0.25) is 30.3 Å². The van der Waals surface area contributed by atoms with Crippen molar-refractivity contribution in [2.75, 3.05) is 0 Å². The number of carboxylic acids is 3. The van der Waals surface area contributed by atoms with Crippen LogP contribution in [0.1, 0.15) is 31.1 Å². The van der Waals surface area contributed by atoms with Gasteiger partial charge in [0.2, 0.25) is 0 Å². The molecule has 0 saturated heterocycles. The van der Waals surface area contributed by atoms with Crippen LogP contribution in [0.25, 0.3) is 17.1 Å². The molecule has 21 heteroatoms. The van der Waals surface area contributed by atoms with Crippen LogP contribution < -0.4 is 17.1 Å². The Hall–Kier alpha value is -7.32. The van der Waals surface area contributed by atoms with Crippen molar-refractivity contribution in [3.8, 4) is 17.1 Å². The van der Waals surface area contributed by atoms with Crippen molar-refractivity contribution in [2.24, 2.45) is 0 Å². The quantitative estimate of drug-likeness (QED) is 0.172. The number of carbonyl (C=O) groups is 3. The summed E-state index contributed by atoms with van der Waals surface area (Å²) in [5.41, 5.74) is -13.2. The van der Waals surface area contributed by atoms with Crippen LogP contribution in [0, 0.1) is 30.3 Å². The van der Waals surface area contributed by atoms with Gasteiger partial charge in [0.05, 0.1) is 48.5 Å². The first-order valence-corrected chi connectivity index (χ1v) is 11.6. The molecule has 0 radical (unpaired) electrons. The summed E-state index contributed by atoms with van der Waals surface area (Å²) < 4.78 is -0.0435. The molecule has 0 amide bonds. The first kappa shape index (κ1) is 30.6. The predicted octanol–water partition coefficient (Wildman–Crippen LogP) is 0.958. The van der Waals surface area contributed by atoms with Crippen molar-refractivity contribution < 1.29 is 44.5 Å². The van der Waals surface area contributed by atoms with Gasteiger partial charge in [0.1, 0.15) is 0 Å². The molecule has 1 heterocycles. The van der Waals surface area contributed by atoms with Gasteiger partial charge in [-0.1, -0.05) is 0 Å². The third-order valence-electron chi connectivity index (χ3n) is 6.00. The third-order valence-corrected chi connectivity index (χ3v) is 6.00. The second-order valence-electron chi connectivity index (χ2n) is 8.75. The molecule has 0 aliphatic carbocycles. The lowest BCUT2D eigenvalue weighted by Crippen LogP contribution is -2.52. The Balaban J connectivity index is 2.30. The van der Waals surface area contributed by atoms with Gasteiger partial charge in [-0.25, -0.2) is 42.5 Å². The number of benzene rings is 3. The van der Waals surface area contributed by atoms with E-state index in [2.05, 4.69) is 0 Å². The molecular weight excluding hydrogens is 612 g/mol. The van der Waals surface area contributed by atoms with E-state index in [1.54, 1.807) is 0 Å². The van der Waals surface area contributed by atoms with Crippen molar-refractivity contribution in [2.45, 2.75) is 0 Å². The van der Waals surface area contributed by atoms with Crippen LogP contribution in [-0.2, 0) is 0 Å². The minimum absolute atomic E-state index is 0.0145. The molecule has 45 heavy (non-hydrogen) atoms. The Morgan fingerprint density at radius 2 is 0.689 bits per heavy atom. The number of carboxylic acid groups (broad SMARTS) is 3. The first-order valence-electron chi connectivity index (χ1n) is 11.6. The fourth-order valence-electron chi connectivity index (χ4n) is 4.07. The summed E-state index contributed by atoms with van der Waals surface area (Å²) in [5.74, 6) is -5.30. The molecule has 0 aliphatic heterocycles. The standard InChI is InChI=1S/C24H12N6O15/c31-19(32)10-1-13(7-16(4-10)28(40)41)25-22(37)26(14-2-11(20(33)34)5-17(8-14)29(42)43)24(39)27(23(25)38)15-3-12(21(35)36)6-18(9-15)30(44)45/h1-9H,(H,31,32)(H,33,34)(H,35,36). The Kier molecular flexibility index (Phi) is 7.60. The number of nitro groups is 3. The van der Waals surface area contributed by atoms with E-state index in [4.69, 9.17) is 0 Å². The maximum atomic E-state index is 13.7. The monoisotopic (exact) mass is 624 g/mol. The fourth-order valence-corrected chi connectivity index (χ4v) is 4.07. The van der Waals surface area contributed by atoms with Crippen molar-refractivity contribution in [1.29, 1.82) is 0 Å². The summed E-state index contributed by atoms with van der Waals surface area (Å²) in [7, 11) is 0. The van der Waals surface area contributed by atoms with Gasteiger partial charge in [-0.05, 0) is 18.2 Å². The largest absolute Gasteiger partial charge is 0.478 e. The lowest BCUT2D eigenvalue weighted by Gasteiger charge is -2.15. The molecule has 4 aromatic rings. The highest BCUT2D eigenvalue weighted by atomic mass is 16.6. The Morgan fingerprint density at radius 1 is 0.467 bits per heavy atom. The van der Waals surface area contributed by atoms with Crippen molar-refractivity contribution in [1.82, 2.24) is 13.7 Å². The molecule has 0 aliphatic rings. The van der Waals surface area contributed by atoms with Gasteiger partial charge >= 0.3 is 35.0 Å². The number of nitrogens with zero attached hydrogens (tertiary/aromatic N) is 6. The molecule has 21 nitrogen and oxygen atoms in total. The molecule has 0 bridgehead atoms. The number of non-ortho nitro benzene ring substituents is 3. The minimum atomic E-state index is -1.77. The number of aromatic nitrogens is 3. The average molecular weight is 624 g/mol. The molecule has 3 aromatic carbocycles. The second-order valence-corrected chi connectivity index (χ2v) is 8.75. The van der Waals surface area contributed by atoms with Gasteiger partial charge in [0.15, 0.2) is 0 Å². The molecule has 4 rings (SSSR count). The Bertz CT molecular complexity index is 1840. The summed E-state index contributed by atoms with van der Waals surface area (Å²) in [6, 6.07) is 5.11. The fraction of sp³-hybridized carbons (Fsp3) is 0. The van der Waals surface area contributed by atoms with Crippen LogP contribution in [0.15, 0.2) is 69.0 Å². The maximum absolute atomic E-state index is 13.7. The second kappa shape index (κ2) is 11.2. The summed E-state index contributed by atoms with van der Waals surface area (Å²) in [6.45, 7) is 0. The number of hydrogen-bond donors (Lipinski definition) is 3. The molecule has 0 atom stereocenters. The topological polar surface area (TPSA) is 307 Å². The van der Waals surface area contributed by atoms with E-state index < -0.39 is 101 Å². The predicted molar refractivity (Wildman–Crippen MR) is 144 cm³/mol. The zero-order valence-corrected chi connectivity index (χ0v) is 21.6. The summed E-state index contributed by atoms with van der Waals surface area (Å²) in [5, 5.41) is 62.9. The molecular formula is C24H12N6O15. The van der Waals surface area contributed by atoms with Crippen LogP contribution in [-0.4, -0.2) is 61.7 Å². The van der Waals surface area contributed by atoms with Crippen LogP contribution in [0.2, 0.25) is 0 Å². The Labute approximate surface area is 243 Å². The highest BCUT2D eigenvalue weighted by molar-refractivity contribution is 5.90. The van der Waals surface area contributed by atoms with Crippen LogP contribution in [0.5, 0.6) is 0 Å². The number of hydrogen-bond acceptors (Lipinski definition) is 12. The van der Waals surface area contributed by atoms with E-state index in [0.29, 0.717) is 54.6 Å². The van der Waals surface area contributed by atoms with Gasteiger partial charge < -0.3 is 15.3 Å². The zero-order chi connectivity index (χ0) is 33.5. The number of rotatable bonds is 9. The molecule has 1 aromatic heterocycles. The van der Waals surface area contributed by atoms with Crippen LogP contribution in [0.3, 0.4) is 0 Å². The van der Waals surface area contributed by atoms with E-state index in [9.17, 15) is 74.4 Å². The lowest BCUT2D eigenvalue weighted by molar-refractivity contribution is -0.385. The molecule has 0 spiro atoms. The smallest absolute Gasteiger partial charge is 0.345 e. The summed E-state index contributed by atoms with van der Waals surface area (Å²) in [4.78, 5) is 108. The highest BCUT2D eigenvalue weighted by Gasteiger charge is 2.26. The minimum Gasteiger partial charge on any atom is -0.478 e. The van der Waals surface area contributed by atoms with Crippen LogP contribution >= 0.6 is 0 Å². The highest BCUT2D eigenvalue weighted by Crippen LogP contribution is 2.23. The molecule has 0 saturated carbocycles. The summed E-state index contributed by atoms with van der Waals surface area (Å²) >= 11 is 0. The van der Waals surface area contributed by atoms with Crippen molar-refractivity contribution >= 4 is 35.0 Å². The van der Waals surface area contributed by atoms with Crippen LogP contribution in [0.4, 0.5) is 17.1 Å². The molecule has 0 fully saturated rings. The Morgan fingerprint density at radius 3 is 0.867 bits per heavy atom. The van der Waals surface area contributed by atoms with E-state index in [1.807, 2.05) is 0 Å². The number of nitro benzene ring substituents is 3. The van der Waals surface area contributed by atoms with Gasteiger partial charge in [-0.15, -0.1) is 0 Å². The number of aromatic carboxylic acids is 3.